The Morgan fingerprint density at radius 2 is 1.71 bits per heavy atom. The third kappa shape index (κ3) is 4.12. The van der Waals surface area contributed by atoms with Crippen molar-refractivity contribution in [1.29, 1.82) is 0 Å². The average molecular weight is 450 g/mol. The smallest absolute Gasteiger partial charge is 0.261 e. The van der Waals surface area contributed by atoms with E-state index in [1.807, 2.05) is 0 Å². The molecule has 0 radical (unpaired) electrons. The maximum Gasteiger partial charge on any atom is 0.261 e. The van der Waals surface area contributed by atoms with E-state index in [1.165, 1.54) is 13.1 Å². The van der Waals surface area contributed by atoms with Crippen LogP contribution < -0.4 is 10.3 Å². The third-order valence-electron chi connectivity index (χ3n) is 5.15. The zero-order chi connectivity index (χ0) is 23.3. The van der Waals surface area contributed by atoms with E-state index < -0.39 is 43.6 Å². The molecule has 0 aliphatic rings. The van der Waals surface area contributed by atoms with Crippen molar-refractivity contribution in [3.63, 3.8) is 0 Å². The number of nitrogens with zero attached hydrogens (tertiary/aromatic N) is 2. The molecule has 1 heterocycles. The van der Waals surface area contributed by atoms with Crippen molar-refractivity contribution >= 4 is 20.9 Å². The molecule has 6 nitrogen and oxygen atoms in total. The number of sulfonamides is 1. The van der Waals surface area contributed by atoms with Gasteiger partial charge in [0.2, 0.25) is 10.0 Å². The molecule has 0 bridgehead atoms. The van der Waals surface area contributed by atoms with Gasteiger partial charge in [-0.15, -0.1) is 0 Å². The lowest BCUT2D eigenvalue weighted by Gasteiger charge is -2.24. The normalized spacial score (nSPS) is 13.5. The highest BCUT2D eigenvalue weighted by molar-refractivity contribution is 7.90. The second-order valence-electron chi connectivity index (χ2n) is 8.60. The number of aromatic nitrogens is 2. The predicted molar refractivity (Wildman–Crippen MR) is 117 cm³/mol. The number of halogens is 2. The van der Waals surface area contributed by atoms with Crippen LogP contribution >= 0.6 is 0 Å². The molecular weight excluding hydrogens is 424 g/mol. The van der Waals surface area contributed by atoms with Crippen LogP contribution in [-0.2, 0) is 17.1 Å². The van der Waals surface area contributed by atoms with Gasteiger partial charge in [0.05, 0.1) is 21.2 Å². The maximum absolute atomic E-state index is 14.4. The molecule has 1 N–H and O–H groups in total. The van der Waals surface area contributed by atoms with Crippen molar-refractivity contribution in [2.75, 3.05) is 0 Å². The molecule has 9 heteroatoms. The zero-order valence-electron chi connectivity index (χ0n) is 18.2. The number of aryl methyl sites for hydroxylation is 1. The minimum absolute atomic E-state index is 0.177. The van der Waals surface area contributed by atoms with Gasteiger partial charge in [-0.05, 0) is 63.9 Å². The molecule has 166 valence electrons. The first-order chi connectivity index (χ1) is 14.2. The lowest BCUT2D eigenvalue weighted by atomic mass is 10.0. The summed E-state index contributed by atoms with van der Waals surface area (Å²) in [4.78, 5) is 17.5. The van der Waals surface area contributed by atoms with Crippen molar-refractivity contribution in [3.05, 3.63) is 63.4 Å². The zero-order valence-corrected chi connectivity index (χ0v) is 19.1. The first-order valence-electron chi connectivity index (χ1n) is 9.72. The third-order valence-corrected chi connectivity index (χ3v) is 7.42. The van der Waals surface area contributed by atoms with E-state index in [-0.39, 0.29) is 16.7 Å². The summed E-state index contributed by atoms with van der Waals surface area (Å²) in [6, 6.07) is 6.01. The van der Waals surface area contributed by atoms with Gasteiger partial charge in [0.25, 0.3) is 5.56 Å². The summed E-state index contributed by atoms with van der Waals surface area (Å²) in [5.41, 5.74) is 0.457. The molecule has 0 fully saturated rings. The Morgan fingerprint density at radius 3 is 2.26 bits per heavy atom. The van der Waals surface area contributed by atoms with E-state index in [9.17, 15) is 22.0 Å². The van der Waals surface area contributed by atoms with Gasteiger partial charge in [-0.3, -0.25) is 9.36 Å². The fourth-order valence-electron chi connectivity index (χ4n) is 3.29. The fourth-order valence-corrected chi connectivity index (χ4v) is 4.24. The van der Waals surface area contributed by atoms with Gasteiger partial charge < -0.3 is 0 Å². The topological polar surface area (TPSA) is 81.1 Å². The molecule has 2 aromatic carbocycles. The molecule has 0 saturated heterocycles. The summed E-state index contributed by atoms with van der Waals surface area (Å²) in [6.45, 7) is 8.13. The Kier molecular flexibility index (Phi) is 5.79. The molecule has 0 amide bonds. The van der Waals surface area contributed by atoms with E-state index in [1.54, 1.807) is 46.8 Å². The molecule has 1 aromatic heterocycles. The monoisotopic (exact) mass is 449 g/mol. The second-order valence-corrected chi connectivity index (χ2v) is 11.1. The number of hydrogen-bond donors (Lipinski definition) is 1. The van der Waals surface area contributed by atoms with Crippen LogP contribution in [0.25, 0.3) is 22.3 Å². The van der Waals surface area contributed by atoms with Crippen molar-refractivity contribution in [1.82, 2.24) is 14.3 Å². The number of benzene rings is 2. The average Bonchev–Trinajstić information content (AvgIpc) is 2.64. The van der Waals surface area contributed by atoms with Gasteiger partial charge in [0.15, 0.2) is 0 Å². The molecule has 0 spiro atoms. The van der Waals surface area contributed by atoms with E-state index >= 15 is 0 Å². The summed E-state index contributed by atoms with van der Waals surface area (Å²) in [5, 5.41) is 0.236. The Bertz CT molecular complexity index is 1320. The van der Waals surface area contributed by atoms with Crippen LogP contribution in [0.15, 0.2) is 35.1 Å². The summed E-state index contributed by atoms with van der Waals surface area (Å²) < 4.78 is 56.9. The molecule has 3 aromatic rings. The van der Waals surface area contributed by atoms with Crippen LogP contribution in [0.1, 0.15) is 44.9 Å². The van der Waals surface area contributed by atoms with Crippen LogP contribution in [0, 0.1) is 18.6 Å². The van der Waals surface area contributed by atoms with Crippen LogP contribution in [0.5, 0.6) is 0 Å². The van der Waals surface area contributed by atoms with Crippen molar-refractivity contribution in [2.24, 2.45) is 7.05 Å². The largest absolute Gasteiger partial charge is 0.295 e. The Morgan fingerprint density at radius 1 is 1.13 bits per heavy atom. The van der Waals surface area contributed by atoms with Crippen molar-refractivity contribution < 1.29 is 17.2 Å². The molecule has 0 aliphatic heterocycles. The lowest BCUT2D eigenvalue weighted by Crippen LogP contribution is -2.40. The first kappa shape index (κ1) is 23.0. The quantitative estimate of drug-likeness (QED) is 0.654. The molecule has 0 aliphatic carbocycles. The van der Waals surface area contributed by atoms with Crippen LogP contribution in [-0.4, -0.2) is 22.7 Å². The number of fused-ring (bicyclic) bond motifs is 1. The highest BCUT2D eigenvalue weighted by Gasteiger charge is 2.31. The van der Waals surface area contributed by atoms with Crippen LogP contribution in [0.3, 0.4) is 0 Å². The van der Waals surface area contributed by atoms with Crippen molar-refractivity contribution in [2.45, 2.75) is 45.4 Å². The van der Waals surface area contributed by atoms with Crippen LogP contribution in [0.2, 0.25) is 0 Å². The maximum atomic E-state index is 14.4. The Balaban J connectivity index is 2.32. The Hall–Kier alpha value is -2.65. The number of nitrogens with one attached hydrogen (secondary N) is 1. The van der Waals surface area contributed by atoms with Gasteiger partial charge in [-0.1, -0.05) is 12.1 Å². The first-order valence-corrected chi connectivity index (χ1v) is 11.2. The minimum Gasteiger partial charge on any atom is -0.295 e. The van der Waals surface area contributed by atoms with Crippen LogP contribution in [0.4, 0.5) is 8.78 Å². The number of rotatable bonds is 4. The highest BCUT2D eigenvalue weighted by Crippen LogP contribution is 2.29. The SMILES string of the molecule is Cc1cc([C@@H](C)NS(=O)(=O)C(C)(C)C)c2nc(-c3c(F)cccc3F)n(C)c(=O)c2c1. The Labute approximate surface area is 180 Å². The highest BCUT2D eigenvalue weighted by atomic mass is 32.2. The molecule has 0 unspecified atom stereocenters. The molecule has 3 rings (SSSR count). The van der Waals surface area contributed by atoms with E-state index in [2.05, 4.69) is 9.71 Å². The summed E-state index contributed by atoms with van der Waals surface area (Å²) in [7, 11) is -2.31. The summed E-state index contributed by atoms with van der Waals surface area (Å²) in [6.07, 6.45) is 0. The predicted octanol–water partition coefficient (Wildman–Crippen LogP) is 3.97. The fraction of sp³-hybridized carbons (Fsp3) is 0.364. The van der Waals surface area contributed by atoms with Crippen molar-refractivity contribution in [3.8, 4) is 11.4 Å². The summed E-state index contributed by atoms with van der Waals surface area (Å²) in [5.74, 6) is -1.88. The molecule has 1 atom stereocenters. The molecular formula is C22H25F2N3O3S. The molecule has 31 heavy (non-hydrogen) atoms. The van der Waals surface area contributed by atoms with Gasteiger partial charge >= 0.3 is 0 Å². The van der Waals surface area contributed by atoms with Gasteiger partial charge in [-0.25, -0.2) is 26.9 Å². The lowest BCUT2D eigenvalue weighted by molar-refractivity contribution is 0.532. The van der Waals surface area contributed by atoms with E-state index in [0.29, 0.717) is 5.56 Å². The standard InChI is InChI=1S/C22H25F2N3O3S/c1-12-10-14(13(2)26-31(29,30)22(3,4)5)19-15(11-12)21(28)27(6)20(25-19)18-16(23)8-7-9-17(18)24/h7-11,13,26H,1-6H3/t13-/m1/s1. The van der Waals surface area contributed by atoms with Gasteiger partial charge in [0.1, 0.15) is 17.5 Å². The van der Waals surface area contributed by atoms with Gasteiger partial charge in [-0.2, -0.15) is 0 Å². The van der Waals surface area contributed by atoms with Gasteiger partial charge in [0, 0.05) is 13.1 Å². The molecule has 0 saturated carbocycles. The number of hydrogen-bond acceptors (Lipinski definition) is 4. The summed E-state index contributed by atoms with van der Waals surface area (Å²) >= 11 is 0. The minimum atomic E-state index is -3.70. The van der Waals surface area contributed by atoms with E-state index in [0.717, 1.165) is 22.3 Å². The van der Waals surface area contributed by atoms with E-state index in [4.69, 9.17) is 0 Å². The second kappa shape index (κ2) is 7.80.